The van der Waals surface area contributed by atoms with Gasteiger partial charge in [0.05, 0.1) is 0 Å². The standard InChI is InChI=1S/C23H32F6O3.C18H26F6O3/c1-6-7-13-8-12(2)17-14-9-15(16(10-14)18(13)17)11-21(22(24,25)26,23(27,28)29)32-19(30)31-20(3,4)5;1-6-7-12-8-11(2)9-13(12)10-16(17(19,20)21,18(22,23)24)27-14(25)26-15(3,4)5/h6-7,12-18H,8-11H2,1-5H3;6-7,11-13H,8-10H2,1-5H3/b2*7-6+. The van der Waals surface area contributed by atoms with E-state index in [1.165, 1.54) is 41.5 Å². The monoisotopic (exact) mass is 874 g/mol. The van der Waals surface area contributed by atoms with Crippen LogP contribution in [0.5, 0.6) is 0 Å². The molecule has 2 bridgehead atoms. The maximum Gasteiger partial charge on any atom is 0.510 e. The molecule has 0 heterocycles. The molecule has 6 nitrogen and oxygen atoms in total. The van der Waals surface area contributed by atoms with Gasteiger partial charge in [0.25, 0.3) is 0 Å². The lowest BCUT2D eigenvalue weighted by molar-refractivity contribution is -0.375. The minimum atomic E-state index is -5.84. The Kier molecular flexibility index (Phi) is 15.0. The van der Waals surface area contributed by atoms with Crippen molar-refractivity contribution in [1.29, 1.82) is 0 Å². The van der Waals surface area contributed by atoms with Crippen LogP contribution in [0.2, 0.25) is 0 Å². The van der Waals surface area contributed by atoms with Gasteiger partial charge in [-0.3, -0.25) is 0 Å². The first-order chi connectivity index (χ1) is 26.5. The molecule has 342 valence electrons. The van der Waals surface area contributed by atoms with E-state index in [2.05, 4.69) is 25.9 Å². The zero-order chi connectivity index (χ0) is 45.5. The molecule has 10 unspecified atom stereocenters. The van der Waals surface area contributed by atoms with Gasteiger partial charge < -0.3 is 18.9 Å². The first kappa shape index (κ1) is 50.5. The molecule has 10 atom stereocenters. The number of fused-ring (bicyclic) bond motifs is 5. The predicted octanol–water partition coefficient (Wildman–Crippen LogP) is 13.7. The van der Waals surface area contributed by atoms with Crippen molar-refractivity contribution in [1.82, 2.24) is 0 Å². The maximum absolute atomic E-state index is 14.0. The molecular weight excluding hydrogens is 816 g/mol. The summed E-state index contributed by atoms with van der Waals surface area (Å²) in [7, 11) is 0. The van der Waals surface area contributed by atoms with Gasteiger partial charge >= 0.3 is 48.2 Å². The Labute approximate surface area is 338 Å². The number of carbonyl (C=O) groups excluding carboxylic acids is 2. The lowest BCUT2D eigenvalue weighted by Gasteiger charge is -2.42. The van der Waals surface area contributed by atoms with Crippen LogP contribution in [0.3, 0.4) is 0 Å². The third-order valence-corrected chi connectivity index (χ3v) is 12.2. The molecule has 0 spiro atoms. The number of ether oxygens (including phenoxy) is 4. The molecule has 4 fully saturated rings. The first-order valence-electron chi connectivity index (χ1n) is 19.9. The minimum absolute atomic E-state index is 0.0307. The van der Waals surface area contributed by atoms with Crippen molar-refractivity contribution in [2.75, 3.05) is 0 Å². The van der Waals surface area contributed by atoms with Crippen LogP contribution in [0, 0.1) is 59.2 Å². The van der Waals surface area contributed by atoms with E-state index < -0.39 is 90.0 Å². The van der Waals surface area contributed by atoms with E-state index in [0.717, 1.165) is 6.42 Å². The van der Waals surface area contributed by atoms with Gasteiger partial charge in [-0.25, -0.2) is 9.59 Å². The number of rotatable bonds is 8. The molecule has 0 N–H and O–H groups in total. The quantitative estimate of drug-likeness (QED) is 0.137. The maximum atomic E-state index is 14.0. The van der Waals surface area contributed by atoms with E-state index in [9.17, 15) is 62.3 Å². The molecule has 0 amide bonds. The van der Waals surface area contributed by atoms with Crippen molar-refractivity contribution >= 4 is 12.3 Å². The fourth-order valence-electron chi connectivity index (χ4n) is 10.3. The predicted molar refractivity (Wildman–Crippen MR) is 193 cm³/mol. The van der Waals surface area contributed by atoms with E-state index in [-0.39, 0.29) is 36.0 Å². The summed E-state index contributed by atoms with van der Waals surface area (Å²) in [4.78, 5) is 23.8. The van der Waals surface area contributed by atoms with Crippen molar-refractivity contribution < 1.29 is 81.2 Å². The molecule has 0 aromatic heterocycles. The van der Waals surface area contributed by atoms with Crippen LogP contribution in [0.25, 0.3) is 0 Å². The van der Waals surface area contributed by atoms with Gasteiger partial charge in [-0.2, -0.15) is 52.7 Å². The Balaban J connectivity index is 0.000000321. The smallest absolute Gasteiger partial charge is 0.429 e. The highest BCUT2D eigenvalue weighted by molar-refractivity contribution is 5.62. The Morgan fingerprint density at radius 1 is 0.525 bits per heavy atom. The Morgan fingerprint density at radius 3 is 1.32 bits per heavy atom. The van der Waals surface area contributed by atoms with E-state index in [4.69, 9.17) is 0 Å². The number of alkyl halides is 12. The molecule has 0 aliphatic heterocycles. The van der Waals surface area contributed by atoms with Crippen LogP contribution in [0.1, 0.15) is 114 Å². The second-order valence-corrected chi connectivity index (χ2v) is 18.9. The van der Waals surface area contributed by atoms with Gasteiger partial charge in [-0.15, -0.1) is 0 Å². The number of halogens is 12. The SMILES string of the molecule is C/C=C/C1CC(C)C2C3CC(CC(OC(=O)OC(C)(C)C)(C(F)(F)F)C(F)(F)F)C(C3)C12.C/C=C/C1CC(C)CC1CC(OC(=O)OC(C)(C)C)(C(F)(F)F)C(F)(F)F. The van der Waals surface area contributed by atoms with Crippen molar-refractivity contribution in [3.05, 3.63) is 24.3 Å². The van der Waals surface area contributed by atoms with Crippen molar-refractivity contribution in [3.63, 3.8) is 0 Å². The molecule has 4 saturated carbocycles. The van der Waals surface area contributed by atoms with Gasteiger partial charge in [-0.1, -0.05) is 38.2 Å². The minimum Gasteiger partial charge on any atom is -0.429 e. The number of carbonyl (C=O) groups is 2. The van der Waals surface area contributed by atoms with Gasteiger partial charge in [0, 0.05) is 12.8 Å². The van der Waals surface area contributed by atoms with Crippen molar-refractivity contribution in [3.8, 4) is 0 Å². The topological polar surface area (TPSA) is 71.1 Å². The molecule has 0 saturated heterocycles. The van der Waals surface area contributed by atoms with Gasteiger partial charge in [-0.05, 0) is 147 Å². The normalized spacial score (nSPS) is 30.7. The summed E-state index contributed by atoms with van der Waals surface area (Å²) in [6, 6.07) is 0. The summed E-state index contributed by atoms with van der Waals surface area (Å²) in [5.41, 5.74) is -11.8. The van der Waals surface area contributed by atoms with Crippen LogP contribution in [-0.4, -0.2) is 59.4 Å². The summed E-state index contributed by atoms with van der Waals surface area (Å²) in [6.45, 7) is 15.4. The molecule has 0 aromatic rings. The van der Waals surface area contributed by atoms with E-state index in [1.807, 2.05) is 19.1 Å². The largest absolute Gasteiger partial charge is 0.510 e. The third kappa shape index (κ3) is 11.4. The molecule has 18 heteroatoms. The molecule has 4 rings (SSSR count). The Bertz CT molecular complexity index is 1470. The van der Waals surface area contributed by atoms with Gasteiger partial charge in [0.15, 0.2) is 0 Å². The molecule has 0 aromatic carbocycles. The lowest BCUT2D eigenvalue weighted by Crippen LogP contribution is -2.61. The highest BCUT2D eigenvalue weighted by atomic mass is 19.4. The highest BCUT2D eigenvalue weighted by Gasteiger charge is 2.77. The summed E-state index contributed by atoms with van der Waals surface area (Å²) in [6.07, 6.45) is -20.3. The number of hydrogen-bond acceptors (Lipinski definition) is 6. The highest BCUT2D eigenvalue weighted by Crippen LogP contribution is 2.67. The summed E-state index contributed by atoms with van der Waals surface area (Å²) < 4.78 is 184. The van der Waals surface area contributed by atoms with Crippen molar-refractivity contribution in [2.45, 2.75) is 161 Å². The van der Waals surface area contributed by atoms with Crippen LogP contribution in [0.15, 0.2) is 24.3 Å². The third-order valence-electron chi connectivity index (χ3n) is 12.2. The molecule has 0 radical (unpaired) electrons. The van der Waals surface area contributed by atoms with Gasteiger partial charge in [0.2, 0.25) is 0 Å². The molecular formula is C41H58F12O6. The average molecular weight is 875 g/mol. The van der Waals surface area contributed by atoms with Crippen LogP contribution >= 0.6 is 0 Å². The van der Waals surface area contributed by atoms with E-state index >= 15 is 0 Å². The fourth-order valence-corrected chi connectivity index (χ4v) is 10.3. The fraction of sp³-hybridized carbons (Fsp3) is 0.854. The lowest BCUT2D eigenvalue weighted by atomic mass is 9.68. The van der Waals surface area contributed by atoms with E-state index in [0.29, 0.717) is 31.1 Å². The Hall–Kier alpha value is -2.82. The number of hydrogen-bond donors (Lipinski definition) is 0. The van der Waals surface area contributed by atoms with Crippen LogP contribution in [-0.2, 0) is 18.9 Å². The Morgan fingerprint density at radius 2 is 0.932 bits per heavy atom. The summed E-state index contributed by atoms with van der Waals surface area (Å²) >= 11 is 0. The summed E-state index contributed by atoms with van der Waals surface area (Å²) in [5.74, 6) is -1.41. The zero-order valence-electron chi connectivity index (χ0n) is 35.0. The van der Waals surface area contributed by atoms with E-state index in [1.54, 1.807) is 26.0 Å². The molecule has 4 aliphatic rings. The molecule has 59 heavy (non-hydrogen) atoms. The summed E-state index contributed by atoms with van der Waals surface area (Å²) in [5, 5.41) is 0. The second-order valence-electron chi connectivity index (χ2n) is 18.9. The van der Waals surface area contributed by atoms with Crippen LogP contribution < -0.4 is 0 Å². The average Bonchev–Trinajstić information content (AvgIpc) is 3.75. The van der Waals surface area contributed by atoms with Crippen LogP contribution in [0.4, 0.5) is 62.3 Å². The second kappa shape index (κ2) is 17.5. The van der Waals surface area contributed by atoms with Crippen molar-refractivity contribution in [2.24, 2.45) is 59.2 Å². The number of allylic oxidation sites excluding steroid dienone is 4. The van der Waals surface area contributed by atoms with Gasteiger partial charge in [0.1, 0.15) is 11.2 Å². The first-order valence-corrected chi connectivity index (χ1v) is 19.9. The zero-order valence-corrected chi connectivity index (χ0v) is 35.0. The molecule has 4 aliphatic carbocycles.